The van der Waals surface area contributed by atoms with Gasteiger partial charge in [0, 0.05) is 23.8 Å². The average Bonchev–Trinajstić information content (AvgIpc) is 2.82. The van der Waals surface area contributed by atoms with Crippen LogP contribution in [0.1, 0.15) is 22.2 Å². The van der Waals surface area contributed by atoms with Crippen LogP contribution in [0.25, 0.3) is 0 Å². The number of thiophene rings is 1. The van der Waals surface area contributed by atoms with Crippen LogP contribution < -0.4 is 4.74 Å². The normalized spacial score (nSPS) is 10.1. The Morgan fingerprint density at radius 2 is 1.89 bits per heavy atom. The van der Waals surface area contributed by atoms with Gasteiger partial charge in [-0.3, -0.25) is 9.59 Å². The number of Topliss-reactive ketones (excluding diaryl/α,β-unsaturated/α-hetero) is 1. The monoisotopic (exact) mass is 260 g/mol. The Morgan fingerprint density at radius 3 is 2.44 bits per heavy atom. The summed E-state index contributed by atoms with van der Waals surface area (Å²) in [5.74, 6) is 0.148. The molecule has 3 nitrogen and oxygen atoms in total. The van der Waals surface area contributed by atoms with Crippen molar-refractivity contribution < 1.29 is 14.3 Å². The molecule has 0 atom stereocenters. The molecule has 0 bridgehead atoms. The standard InChI is InChI=1S/C14H12O3S/c1-10(15)17-12-6-4-11(5-7-12)14(16)9-13-3-2-8-18-13/h2-8H,9H2,1H3. The SMILES string of the molecule is CC(=O)Oc1ccc(C(=O)Cc2cccs2)cc1. The van der Waals surface area contributed by atoms with Crippen molar-refractivity contribution in [3.8, 4) is 5.75 Å². The summed E-state index contributed by atoms with van der Waals surface area (Å²) >= 11 is 1.57. The number of esters is 1. The molecule has 0 aliphatic rings. The highest BCUT2D eigenvalue weighted by molar-refractivity contribution is 7.10. The molecule has 4 heteroatoms. The summed E-state index contributed by atoms with van der Waals surface area (Å²) in [6.07, 6.45) is 0.407. The van der Waals surface area contributed by atoms with Gasteiger partial charge < -0.3 is 4.74 Å². The van der Waals surface area contributed by atoms with Crippen LogP contribution >= 0.6 is 11.3 Å². The lowest BCUT2D eigenvalue weighted by molar-refractivity contribution is -0.131. The van der Waals surface area contributed by atoms with Crippen molar-refractivity contribution in [3.05, 3.63) is 52.2 Å². The van der Waals surface area contributed by atoms with Gasteiger partial charge in [-0.1, -0.05) is 6.07 Å². The van der Waals surface area contributed by atoms with Gasteiger partial charge in [0.05, 0.1) is 0 Å². The van der Waals surface area contributed by atoms with E-state index < -0.39 is 0 Å². The average molecular weight is 260 g/mol. The minimum Gasteiger partial charge on any atom is -0.427 e. The molecular weight excluding hydrogens is 248 g/mol. The molecule has 0 saturated carbocycles. The largest absolute Gasteiger partial charge is 0.427 e. The van der Waals surface area contributed by atoms with E-state index >= 15 is 0 Å². The highest BCUT2D eigenvalue weighted by Crippen LogP contribution is 2.16. The van der Waals surface area contributed by atoms with E-state index in [-0.39, 0.29) is 11.8 Å². The van der Waals surface area contributed by atoms with E-state index in [2.05, 4.69) is 0 Å². The molecule has 0 amide bonds. The second-order valence-corrected chi connectivity index (χ2v) is 4.83. The molecule has 1 aromatic carbocycles. The molecule has 92 valence electrons. The molecule has 0 spiro atoms. The lowest BCUT2D eigenvalue weighted by Crippen LogP contribution is -2.04. The van der Waals surface area contributed by atoms with Gasteiger partial charge in [0.25, 0.3) is 0 Å². The molecular formula is C14H12O3S. The number of carbonyl (C=O) groups excluding carboxylic acids is 2. The molecule has 2 aromatic rings. The van der Waals surface area contributed by atoms with E-state index in [1.165, 1.54) is 6.92 Å². The summed E-state index contributed by atoms with van der Waals surface area (Å²) in [5.41, 5.74) is 0.624. The van der Waals surface area contributed by atoms with Crippen molar-refractivity contribution in [2.75, 3.05) is 0 Å². The maximum absolute atomic E-state index is 11.9. The van der Waals surface area contributed by atoms with Crippen molar-refractivity contribution in [1.29, 1.82) is 0 Å². The van der Waals surface area contributed by atoms with E-state index in [4.69, 9.17) is 4.74 Å². The third kappa shape index (κ3) is 3.28. The molecule has 0 saturated heterocycles. The second kappa shape index (κ2) is 5.60. The fourth-order valence-corrected chi connectivity index (χ4v) is 2.25. The first-order valence-corrected chi connectivity index (χ1v) is 6.37. The molecule has 0 aliphatic heterocycles. The second-order valence-electron chi connectivity index (χ2n) is 3.80. The molecule has 1 heterocycles. The van der Waals surface area contributed by atoms with E-state index in [0.717, 1.165) is 4.88 Å². The van der Waals surface area contributed by atoms with Crippen LogP contribution in [0.15, 0.2) is 41.8 Å². The van der Waals surface area contributed by atoms with Gasteiger partial charge in [-0.25, -0.2) is 0 Å². The fraction of sp³-hybridized carbons (Fsp3) is 0.143. The van der Waals surface area contributed by atoms with Gasteiger partial charge in [0.2, 0.25) is 0 Å². The predicted octanol–water partition coefficient (Wildman–Crippen LogP) is 3.10. The Morgan fingerprint density at radius 1 is 1.17 bits per heavy atom. The summed E-state index contributed by atoms with van der Waals surface area (Å²) < 4.78 is 4.91. The summed E-state index contributed by atoms with van der Waals surface area (Å²) in [6, 6.07) is 10.5. The summed E-state index contributed by atoms with van der Waals surface area (Å²) in [5, 5.41) is 1.95. The summed E-state index contributed by atoms with van der Waals surface area (Å²) in [6.45, 7) is 1.34. The maximum Gasteiger partial charge on any atom is 0.308 e. The van der Waals surface area contributed by atoms with Gasteiger partial charge in [0.1, 0.15) is 5.75 Å². The third-order valence-electron chi connectivity index (χ3n) is 2.35. The first-order chi connectivity index (χ1) is 8.65. The van der Waals surface area contributed by atoms with Crippen molar-refractivity contribution >= 4 is 23.1 Å². The van der Waals surface area contributed by atoms with Gasteiger partial charge >= 0.3 is 5.97 Å². The summed E-state index contributed by atoms with van der Waals surface area (Å²) in [7, 11) is 0. The Kier molecular flexibility index (Phi) is 3.89. The quantitative estimate of drug-likeness (QED) is 0.482. The zero-order chi connectivity index (χ0) is 13.0. The van der Waals surface area contributed by atoms with Crippen molar-refractivity contribution in [2.45, 2.75) is 13.3 Å². The van der Waals surface area contributed by atoms with Gasteiger partial charge in [-0.15, -0.1) is 11.3 Å². The third-order valence-corrected chi connectivity index (χ3v) is 3.23. The maximum atomic E-state index is 11.9. The highest BCUT2D eigenvalue weighted by atomic mass is 32.1. The van der Waals surface area contributed by atoms with Crippen molar-refractivity contribution in [1.82, 2.24) is 0 Å². The van der Waals surface area contributed by atoms with Gasteiger partial charge in [0.15, 0.2) is 5.78 Å². The van der Waals surface area contributed by atoms with Crippen LogP contribution in [0.2, 0.25) is 0 Å². The fourth-order valence-electron chi connectivity index (χ4n) is 1.55. The van der Waals surface area contributed by atoms with Crippen LogP contribution in [0, 0.1) is 0 Å². The van der Waals surface area contributed by atoms with Crippen LogP contribution in [-0.2, 0) is 11.2 Å². The highest BCUT2D eigenvalue weighted by Gasteiger charge is 2.08. The number of hydrogen-bond donors (Lipinski definition) is 0. The summed E-state index contributed by atoms with van der Waals surface area (Å²) in [4.78, 5) is 23.7. The molecule has 0 N–H and O–H groups in total. The molecule has 0 unspecified atom stereocenters. The Labute approximate surface area is 109 Å². The molecule has 0 radical (unpaired) electrons. The number of carbonyl (C=O) groups is 2. The van der Waals surface area contributed by atoms with Crippen LogP contribution in [0.3, 0.4) is 0 Å². The Hall–Kier alpha value is -1.94. The minimum atomic E-state index is -0.368. The Balaban J connectivity index is 2.05. The molecule has 2 rings (SSSR count). The number of hydrogen-bond acceptors (Lipinski definition) is 4. The lowest BCUT2D eigenvalue weighted by Gasteiger charge is -2.02. The van der Waals surface area contributed by atoms with E-state index in [1.54, 1.807) is 35.6 Å². The predicted molar refractivity (Wildman–Crippen MR) is 70.1 cm³/mol. The zero-order valence-corrected chi connectivity index (χ0v) is 10.7. The van der Waals surface area contributed by atoms with Crippen molar-refractivity contribution in [3.63, 3.8) is 0 Å². The van der Waals surface area contributed by atoms with Crippen LogP contribution in [0.4, 0.5) is 0 Å². The van der Waals surface area contributed by atoms with Gasteiger partial charge in [-0.05, 0) is 35.7 Å². The number of ether oxygens (including phenoxy) is 1. The van der Waals surface area contributed by atoms with E-state index in [9.17, 15) is 9.59 Å². The van der Waals surface area contributed by atoms with E-state index in [0.29, 0.717) is 17.7 Å². The molecule has 18 heavy (non-hydrogen) atoms. The molecule has 0 fully saturated rings. The smallest absolute Gasteiger partial charge is 0.308 e. The lowest BCUT2D eigenvalue weighted by atomic mass is 10.1. The topological polar surface area (TPSA) is 43.4 Å². The van der Waals surface area contributed by atoms with Gasteiger partial charge in [-0.2, -0.15) is 0 Å². The minimum absolute atomic E-state index is 0.0619. The zero-order valence-electron chi connectivity index (χ0n) is 9.88. The molecule has 1 aromatic heterocycles. The number of rotatable bonds is 4. The van der Waals surface area contributed by atoms with Crippen LogP contribution in [0.5, 0.6) is 5.75 Å². The Bertz CT molecular complexity index is 541. The number of benzene rings is 1. The molecule has 0 aliphatic carbocycles. The van der Waals surface area contributed by atoms with Crippen molar-refractivity contribution in [2.24, 2.45) is 0 Å². The van der Waals surface area contributed by atoms with Crippen LogP contribution in [-0.4, -0.2) is 11.8 Å². The first-order valence-electron chi connectivity index (χ1n) is 5.49. The first kappa shape index (κ1) is 12.5. The van der Waals surface area contributed by atoms with E-state index in [1.807, 2.05) is 17.5 Å². The number of ketones is 1.